The molecule has 236 valence electrons. The maximum atomic E-state index is 14.8. The highest BCUT2D eigenvalue weighted by atomic mass is 35.5. The van der Waals surface area contributed by atoms with E-state index in [1.54, 1.807) is 11.0 Å². The van der Waals surface area contributed by atoms with Gasteiger partial charge in [0.25, 0.3) is 0 Å². The third-order valence-electron chi connectivity index (χ3n) is 8.22. The summed E-state index contributed by atoms with van der Waals surface area (Å²) in [5, 5.41) is 11.2. The molecule has 1 aliphatic heterocycles. The van der Waals surface area contributed by atoms with Crippen molar-refractivity contribution in [2.75, 3.05) is 18.0 Å². The highest BCUT2D eigenvalue weighted by Gasteiger charge is 2.34. The normalized spacial score (nSPS) is 17.0. The van der Waals surface area contributed by atoms with Crippen LogP contribution in [0.15, 0.2) is 48.0 Å². The minimum Gasteiger partial charge on any atom is -0.508 e. The van der Waals surface area contributed by atoms with Crippen molar-refractivity contribution in [3.8, 4) is 11.4 Å². The molecule has 4 aromatic rings. The van der Waals surface area contributed by atoms with Crippen molar-refractivity contribution in [3.63, 3.8) is 0 Å². The number of hydrogen-bond donors (Lipinski definition) is 1. The largest absolute Gasteiger partial charge is 0.508 e. The molecule has 1 fully saturated rings. The molecule has 5 rings (SSSR count). The third kappa shape index (κ3) is 5.88. The van der Waals surface area contributed by atoms with Crippen LogP contribution in [0, 0.1) is 5.82 Å². The maximum Gasteiger partial charge on any atom is 0.355 e. The monoisotopic (exact) mass is 633 g/mol. The first-order valence-corrected chi connectivity index (χ1v) is 15.3. The Morgan fingerprint density at radius 1 is 1.11 bits per heavy atom. The number of carbonyl (C=O) groups excluding carboxylic acids is 1. The number of phenolic OH excluding ortho intramolecular Hbond substituents is 1. The molecule has 0 bridgehead atoms. The Kier molecular flexibility index (Phi) is 8.93. The minimum atomic E-state index is -0.601. The number of halogens is 2. The molecule has 10 nitrogen and oxygen atoms in total. The molecule has 45 heavy (non-hydrogen) atoms. The molecule has 0 radical (unpaired) electrons. The number of aromatic hydroxyl groups is 1. The summed E-state index contributed by atoms with van der Waals surface area (Å²) in [5.74, 6) is -0.756. The minimum absolute atomic E-state index is 0.0358. The van der Waals surface area contributed by atoms with E-state index < -0.39 is 11.5 Å². The fourth-order valence-electron chi connectivity index (χ4n) is 5.90. The topological polar surface area (TPSA) is 117 Å². The van der Waals surface area contributed by atoms with Crippen molar-refractivity contribution < 1.29 is 14.3 Å². The Hall–Kier alpha value is -4.38. The number of aromatic nitrogens is 5. The lowest BCUT2D eigenvalue weighted by Gasteiger charge is -2.44. The second kappa shape index (κ2) is 12.5. The summed E-state index contributed by atoms with van der Waals surface area (Å²) in [6, 6.07) is 5.35. The van der Waals surface area contributed by atoms with Gasteiger partial charge in [0.1, 0.15) is 23.7 Å². The highest BCUT2D eigenvalue weighted by Crippen LogP contribution is 2.35. The first-order valence-electron chi connectivity index (χ1n) is 15.0. The van der Waals surface area contributed by atoms with E-state index in [1.165, 1.54) is 35.2 Å². The van der Waals surface area contributed by atoms with Gasteiger partial charge in [0.15, 0.2) is 5.65 Å². The van der Waals surface area contributed by atoms with Gasteiger partial charge >= 0.3 is 5.69 Å². The van der Waals surface area contributed by atoms with Gasteiger partial charge in [-0.2, -0.15) is 4.98 Å². The van der Waals surface area contributed by atoms with Gasteiger partial charge in [-0.05, 0) is 50.0 Å². The quantitative estimate of drug-likeness (QED) is 0.265. The molecule has 0 saturated carbocycles. The number of fused-ring (bicyclic) bond motifs is 1. The average Bonchev–Trinajstić information content (AvgIpc) is 2.99. The predicted molar refractivity (Wildman–Crippen MR) is 173 cm³/mol. The molecule has 4 heterocycles. The van der Waals surface area contributed by atoms with Crippen molar-refractivity contribution in [3.05, 3.63) is 87.2 Å². The zero-order chi connectivity index (χ0) is 32.7. The van der Waals surface area contributed by atoms with E-state index in [4.69, 9.17) is 16.6 Å². The van der Waals surface area contributed by atoms with Gasteiger partial charge in [0.05, 0.1) is 33.2 Å². The first kappa shape index (κ1) is 32.0. The van der Waals surface area contributed by atoms with E-state index in [9.17, 15) is 19.1 Å². The Morgan fingerprint density at radius 3 is 2.38 bits per heavy atom. The summed E-state index contributed by atoms with van der Waals surface area (Å²) in [5.41, 5.74) is 1.76. The Morgan fingerprint density at radius 2 is 1.78 bits per heavy atom. The van der Waals surface area contributed by atoms with Crippen LogP contribution in [-0.2, 0) is 11.2 Å². The van der Waals surface area contributed by atoms with Crippen LogP contribution in [0.3, 0.4) is 0 Å². The average molecular weight is 634 g/mol. The van der Waals surface area contributed by atoms with Crippen LogP contribution in [0.1, 0.15) is 76.0 Å². The van der Waals surface area contributed by atoms with Gasteiger partial charge in [-0.3, -0.25) is 4.79 Å². The van der Waals surface area contributed by atoms with Crippen LogP contribution in [0.25, 0.3) is 16.7 Å². The SMILES string of the molecule is C=CC(=O)N1C[C@H](C)N(c2nc(=O)n(-c3c(C(C)C)ncnc3C(C)C)c3nc(Cc4c(O)cccc4F)c(Cl)cc23)C[C@H]1C. The van der Waals surface area contributed by atoms with Crippen molar-refractivity contribution >= 4 is 34.4 Å². The van der Waals surface area contributed by atoms with Crippen molar-refractivity contribution in [1.82, 2.24) is 29.4 Å². The summed E-state index contributed by atoms with van der Waals surface area (Å²) in [6.07, 6.45) is 2.67. The molecular formula is C33H37ClFN7O3. The van der Waals surface area contributed by atoms with E-state index in [2.05, 4.69) is 21.5 Å². The van der Waals surface area contributed by atoms with E-state index in [0.29, 0.717) is 41.4 Å². The number of amides is 1. The lowest BCUT2D eigenvalue weighted by Crippen LogP contribution is -2.58. The van der Waals surface area contributed by atoms with Gasteiger partial charge in [0.2, 0.25) is 5.91 Å². The molecule has 0 aliphatic carbocycles. The van der Waals surface area contributed by atoms with Crippen LogP contribution in [0.5, 0.6) is 5.75 Å². The second-order valence-corrected chi connectivity index (χ2v) is 12.5. The van der Waals surface area contributed by atoms with Crippen LogP contribution in [0.2, 0.25) is 5.02 Å². The predicted octanol–water partition coefficient (Wildman–Crippen LogP) is 5.52. The van der Waals surface area contributed by atoms with Gasteiger partial charge in [-0.1, -0.05) is 51.9 Å². The Bertz CT molecular complexity index is 1810. The summed E-state index contributed by atoms with van der Waals surface area (Å²) in [4.78, 5) is 49.1. The van der Waals surface area contributed by atoms with E-state index in [1.807, 2.05) is 46.4 Å². The lowest BCUT2D eigenvalue weighted by molar-refractivity contribution is -0.128. The van der Waals surface area contributed by atoms with Crippen molar-refractivity contribution in [1.29, 1.82) is 0 Å². The zero-order valence-corrected chi connectivity index (χ0v) is 27.0. The van der Waals surface area contributed by atoms with Crippen molar-refractivity contribution in [2.24, 2.45) is 0 Å². The summed E-state index contributed by atoms with van der Waals surface area (Å²) in [7, 11) is 0. The molecule has 0 spiro atoms. The standard InChI is InChI=1S/C33H37ClFN7O3/c1-8-27(44)40-14-20(7)41(15-19(40)6)31-22-12-23(34)25(13-21-24(35)10-9-11-26(21)43)38-32(22)42(33(45)39-31)30-28(17(2)3)36-16-37-29(30)18(4)5/h8-12,16-20,43H,1,13-15H2,2-7H3/t19-,20+/m1/s1. The molecule has 1 saturated heterocycles. The van der Waals surface area contributed by atoms with E-state index in [-0.39, 0.29) is 63.9 Å². The molecule has 2 atom stereocenters. The van der Waals surface area contributed by atoms with Crippen molar-refractivity contribution in [2.45, 2.75) is 71.9 Å². The first-order chi connectivity index (χ1) is 21.3. The summed E-state index contributed by atoms with van der Waals surface area (Å²) >= 11 is 6.83. The molecule has 3 aromatic heterocycles. The number of phenols is 1. The fourth-order valence-corrected chi connectivity index (χ4v) is 6.12. The molecule has 1 amide bonds. The van der Waals surface area contributed by atoms with Crippen LogP contribution < -0.4 is 10.6 Å². The maximum absolute atomic E-state index is 14.8. The van der Waals surface area contributed by atoms with Gasteiger partial charge in [0, 0.05) is 37.2 Å². The van der Waals surface area contributed by atoms with Gasteiger partial charge in [-0.25, -0.2) is 28.7 Å². The van der Waals surface area contributed by atoms with Crippen LogP contribution in [0.4, 0.5) is 10.2 Å². The number of anilines is 1. The number of rotatable bonds is 7. The van der Waals surface area contributed by atoms with E-state index in [0.717, 1.165) is 0 Å². The second-order valence-electron chi connectivity index (χ2n) is 12.1. The number of nitrogens with zero attached hydrogens (tertiary/aromatic N) is 7. The number of hydrogen-bond acceptors (Lipinski definition) is 8. The van der Waals surface area contributed by atoms with Gasteiger partial charge in [-0.15, -0.1) is 0 Å². The van der Waals surface area contributed by atoms with Gasteiger partial charge < -0.3 is 14.9 Å². The molecule has 1 aromatic carbocycles. The number of benzene rings is 1. The Labute approximate surface area is 266 Å². The number of carbonyl (C=O) groups is 1. The molecular weight excluding hydrogens is 597 g/mol. The highest BCUT2D eigenvalue weighted by molar-refractivity contribution is 6.32. The van der Waals surface area contributed by atoms with E-state index >= 15 is 0 Å². The molecule has 1 N–H and O–H groups in total. The number of piperazine rings is 1. The van der Waals surface area contributed by atoms with Crippen LogP contribution >= 0.6 is 11.6 Å². The molecule has 1 aliphatic rings. The Balaban J connectivity index is 1.82. The summed E-state index contributed by atoms with van der Waals surface area (Å²) < 4.78 is 16.2. The lowest BCUT2D eigenvalue weighted by atomic mass is 10.0. The third-order valence-corrected chi connectivity index (χ3v) is 8.55. The smallest absolute Gasteiger partial charge is 0.355 e. The van der Waals surface area contributed by atoms with Crippen LogP contribution in [-0.4, -0.2) is 65.6 Å². The molecule has 12 heteroatoms. The zero-order valence-electron chi connectivity index (χ0n) is 26.3. The number of pyridine rings is 1. The fraction of sp³-hybridized carbons (Fsp3) is 0.394. The summed E-state index contributed by atoms with van der Waals surface area (Å²) in [6.45, 7) is 16.2. The molecule has 0 unspecified atom stereocenters.